The van der Waals surface area contributed by atoms with Crippen LogP contribution in [0.4, 0.5) is 0 Å². The second-order valence-electron chi connectivity index (χ2n) is 5.33. The van der Waals surface area contributed by atoms with Gasteiger partial charge in [0.1, 0.15) is 0 Å². The van der Waals surface area contributed by atoms with E-state index in [4.69, 9.17) is 4.74 Å². The topological polar surface area (TPSA) is 9.23 Å². The highest BCUT2D eigenvalue weighted by molar-refractivity contribution is 9.10. The molecule has 0 bridgehead atoms. The van der Waals surface area contributed by atoms with E-state index in [1.54, 1.807) is 0 Å². The highest BCUT2D eigenvalue weighted by atomic mass is 79.9. The van der Waals surface area contributed by atoms with Gasteiger partial charge in [-0.3, -0.25) is 0 Å². The molecule has 100 valence electrons. The maximum Gasteiger partial charge on any atom is 0.0593 e. The summed E-state index contributed by atoms with van der Waals surface area (Å²) >= 11 is 7.35. The molecule has 1 saturated heterocycles. The van der Waals surface area contributed by atoms with Gasteiger partial charge >= 0.3 is 0 Å². The Balaban J connectivity index is 2.03. The van der Waals surface area contributed by atoms with Crippen molar-refractivity contribution >= 4 is 31.9 Å². The van der Waals surface area contributed by atoms with Gasteiger partial charge in [-0.2, -0.15) is 0 Å². The molecule has 1 fully saturated rings. The zero-order valence-corrected chi connectivity index (χ0v) is 14.2. The molecule has 0 aliphatic carbocycles. The number of halogens is 2. The van der Waals surface area contributed by atoms with Crippen molar-refractivity contribution in [3.63, 3.8) is 0 Å². The Hall–Kier alpha value is 0.140. The van der Waals surface area contributed by atoms with Crippen LogP contribution in [0.25, 0.3) is 0 Å². The van der Waals surface area contributed by atoms with Crippen molar-refractivity contribution in [2.45, 2.75) is 44.2 Å². The predicted molar refractivity (Wildman–Crippen MR) is 83.2 cm³/mol. The molecule has 18 heavy (non-hydrogen) atoms. The molecule has 0 radical (unpaired) electrons. The number of ether oxygens (including phenoxy) is 1. The number of hydrogen-bond acceptors (Lipinski definition) is 1. The van der Waals surface area contributed by atoms with Crippen LogP contribution in [-0.2, 0) is 11.2 Å². The Bertz CT molecular complexity index is 390. The summed E-state index contributed by atoms with van der Waals surface area (Å²) < 4.78 is 7.06. The summed E-state index contributed by atoms with van der Waals surface area (Å²) in [6.07, 6.45) is 1.77. The smallest absolute Gasteiger partial charge is 0.0593 e. The zero-order valence-electron chi connectivity index (χ0n) is 11.1. The monoisotopic (exact) mass is 374 g/mol. The summed E-state index contributed by atoms with van der Waals surface area (Å²) in [7, 11) is 0. The quantitative estimate of drug-likeness (QED) is 0.688. The van der Waals surface area contributed by atoms with E-state index in [2.05, 4.69) is 76.9 Å². The number of benzene rings is 1. The summed E-state index contributed by atoms with van der Waals surface area (Å²) in [6.45, 7) is 6.68. The molecule has 0 amide bonds. The number of alkyl halides is 1. The van der Waals surface area contributed by atoms with Crippen molar-refractivity contribution in [1.29, 1.82) is 0 Å². The van der Waals surface area contributed by atoms with Gasteiger partial charge in [-0.25, -0.2) is 0 Å². The fraction of sp³-hybridized carbons (Fsp3) is 0.600. The molecular weight excluding hydrogens is 356 g/mol. The third-order valence-electron chi connectivity index (χ3n) is 4.08. The fourth-order valence-electron chi connectivity index (χ4n) is 2.90. The van der Waals surface area contributed by atoms with Crippen molar-refractivity contribution < 1.29 is 4.74 Å². The minimum absolute atomic E-state index is 0.342. The van der Waals surface area contributed by atoms with Crippen LogP contribution in [-0.4, -0.2) is 17.0 Å². The Morgan fingerprint density at radius 2 is 1.72 bits per heavy atom. The van der Waals surface area contributed by atoms with Crippen LogP contribution < -0.4 is 0 Å². The largest absolute Gasteiger partial charge is 0.375 e. The van der Waals surface area contributed by atoms with Gasteiger partial charge in [-0.05, 0) is 43.9 Å². The zero-order chi connectivity index (χ0) is 13.3. The van der Waals surface area contributed by atoms with Gasteiger partial charge in [0, 0.05) is 15.2 Å². The third kappa shape index (κ3) is 3.17. The molecule has 3 heteroatoms. The van der Waals surface area contributed by atoms with Gasteiger partial charge in [0.15, 0.2) is 0 Å². The number of rotatable bonds is 3. The van der Waals surface area contributed by atoms with Gasteiger partial charge in [0.25, 0.3) is 0 Å². The maximum absolute atomic E-state index is 5.93. The lowest BCUT2D eigenvalue weighted by molar-refractivity contribution is 0.0511. The molecular formula is C15H20Br2O. The summed E-state index contributed by atoms with van der Waals surface area (Å²) in [5.41, 5.74) is 1.37. The third-order valence-corrected chi connectivity index (χ3v) is 5.54. The second kappa shape index (κ2) is 6.06. The average Bonchev–Trinajstić information content (AvgIpc) is 2.56. The van der Waals surface area contributed by atoms with E-state index in [-0.39, 0.29) is 0 Å². The Kier molecular flexibility index (Phi) is 4.90. The maximum atomic E-state index is 5.93. The van der Waals surface area contributed by atoms with Crippen LogP contribution in [0.15, 0.2) is 28.7 Å². The first-order valence-corrected chi connectivity index (χ1v) is 8.24. The van der Waals surface area contributed by atoms with E-state index in [1.807, 2.05) is 0 Å². The van der Waals surface area contributed by atoms with Crippen molar-refractivity contribution in [1.82, 2.24) is 0 Å². The van der Waals surface area contributed by atoms with Crippen molar-refractivity contribution in [3.8, 4) is 0 Å². The van der Waals surface area contributed by atoms with E-state index in [0.717, 1.165) is 10.9 Å². The van der Waals surface area contributed by atoms with Gasteiger partial charge in [0.05, 0.1) is 12.2 Å². The SMILES string of the molecule is CC1OC(C)C(C(Br)Cc2ccc(Br)cc2)C1C. The van der Waals surface area contributed by atoms with Crippen molar-refractivity contribution in [2.24, 2.45) is 11.8 Å². The molecule has 1 aliphatic rings. The van der Waals surface area contributed by atoms with Gasteiger partial charge in [0.2, 0.25) is 0 Å². The first-order chi connectivity index (χ1) is 8.49. The first-order valence-electron chi connectivity index (χ1n) is 6.53. The van der Waals surface area contributed by atoms with Crippen LogP contribution >= 0.6 is 31.9 Å². The van der Waals surface area contributed by atoms with Crippen LogP contribution in [0.1, 0.15) is 26.3 Å². The Morgan fingerprint density at radius 3 is 2.22 bits per heavy atom. The summed E-state index contributed by atoms with van der Waals surface area (Å²) in [5, 5.41) is 0. The minimum atomic E-state index is 0.342. The summed E-state index contributed by atoms with van der Waals surface area (Å²) in [4.78, 5) is 0.480. The highest BCUT2D eigenvalue weighted by Crippen LogP contribution is 2.38. The molecule has 1 aromatic carbocycles. The molecule has 1 heterocycles. The molecule has 2 rings (SSSR count). The first kappa shape index (κ1) is 14.5. The van der Waals surface area contributed by atoms with E-state index in [9.17, 15) is 0 Å². The molecule has 1 aliphatic heterocycles. The average molecular weight is 376 g/mol. The molecule has 0 spiro atoms. The fourth-order valence-corrected chi connectivity index (χ4v) is 4.45. The lowest BCUT2D eigenvalue weighted by atomic mass is 9.85. The van der Waals surface area contributed by atoms with Gasteiger partial charge in [-0.15, -0.1) is 0 Å². The standard InChI is InChI=1S/C15H20Br2O/c1-9-10(2)18-11(3)15(9)14(17)8-12-4-6-13(16)7-5-12/h4-7,9-11,14-15H,8H2,1-3H3. The summed E-state index contributed by atoms with van der Waals surface area (Å²) in [6, 6.07) is 8.59. The number of hydrogen-bond donors (Lipinski definition) is 0. The van der Waals surface area contributed by atoms with E-state index < -0.39 is 0 Å². The van der Waals surface area contributed by atoms with Crippen LogP contribution in [0.2, 0.25) is 0 Å². The van der Waals surface area contributed by atoms with Crippen molar-refractivity contribution in [2.75, 3.05) is 0 Å². The van der Waals surface area contributed by atoms with E-state index >= 15 is 0 Å². The van der Waals surface area contributed by atoms with Crippen molar-refractivity contribution in [3.05, 3.63) is 34.3 Å². The lowest BCUT2D eigenvalue weighted by Gasteiger charge is -2.24. The predicted octanol–water partition coefficient (Wildman–Crippen LogP) is 4.81. The molecule has 1 nitrogen and oxygen atoms in total. The lowest BCUT2D eigenvalue weighted by Crippen LogP contribution is -2.28. The molecule has 0 saturated carbocycles. The molecule has 0 aromatic heterocycles. The van der Waals surface area contributed by atoms with Gasteiger partial charge in [-0.1, -0.05) is 50.9 Å². The van der Waals surface area contributed by atoms with E-state index in [0.29, 0.717) is 28.9 Å². The van der Waals surface area contributed by atoms with Crippen LogP contribution in [0.5, 0.6) is 0 Å². The molecule has 5 atom stereocenters. The van der Waals surface area contributed by atoms with Crippen LogP contribution in [0, 0.1) is 11.8 Å². The normalized spacial score (nSPS) is 33.6. The summed E-state index contributed by atoms with van der Waals surface area (Å²) in [5.74, 6) is 1.20. The Labute approximate surface area is 127 Å². The highest BCUT2D eigenvalue weighted by Gasteiger charge is 2.40. The van der Waals surface area contributed by atoms with E-state index in [1.165, 1.54) is 5.56 Å². The van der Waals surface area contributed by atoms with Crippen LogP contribution in [0.3, 0.4) is 0 Å². The second-order valence-corrected chi connectivity index (χ2v) is 7.42. The van der Waals surface area contributed by atoms with Gasteiger partial charge < -0.3 is 4.74 Å². The molecule has 1 aromatic rings. The Morgan fingerprint density at radius 1 is 1.11 bits per heavy atom. The molecule has 0 N–H and O–H groups in total. The molecule has 5 unspecified atom stereocenters. The minimum Gasteiger partial charge on any atom is -0.375 e.